The van der Waals surface area contributed by atoms with Crippen LogP contribution in [0.25, 0.3) is 11.0 Å². The number of anilines is 1. The maximum absolute atomic E-state index is 12.2. The Hall–Kier alpha value is -3.61. The van der Waals surface area contributed by atoms with Gasteiger partial charge in [0.2, 0.25) is 0 Å². The van der Waals surface area contributed by atoms with Gasteiger partial charge in [-0.3, -0.25) is 9.59 Å². The maximum atomic E-state index is 12.2. The van der Waals surface area contributed by atoms with E-state index in [9.17, 15) is 14.4 Å². The Morgan fingerprint density at radius 2 is 1.77 bits per heavy atom. The van der Waals surface area contributed by atoms with Gasteiger partial charge in [-0.15, -0.1) is 0 Å². The summed E-state index contributed by atoms with van der Waals surface area (Å²) in [5.41, 5.74) is 5.11. The second-order valence-electron chi connectivity index (χ2n) is 7.05. The van der Waals surface area contributed by atoms with Gasteiger partial charge in [-0.2, -0.15) is 0 Å². The number of rotatable bonds is 6. The molecule has 0 radical (unpaired) electrons. The largest absolute Gasteiger partial charge is 0.465 e. The zero-order valence-corrected chi connectivity index (χ0v) is 17.3. The Kier molecular flexibility index (Phi) is 6.20. The van der Waals surface area contributed by atoms with E-state index in [1.807, 2.05) is 26.0 Å². The van der Waals surface area contributed by atoms with Gasteiger partial charge >= 0.3 is 11.9 Å². The predicted molar refractivity (Wildman–Crippen MR) is 111 cm³/mol. The minimum Gasteiger partial charge on any atom is -0.465 e. The molecule has 30 heavy (non-hydrogen) atoms. The molecule has 0 saturated heterocycles. The van der Waals surface area contributed by atoms with Crippen LogP contribution in [0.4, 0.5) is 5.69 Å². The topological polar surface area (TPSA) is 94.8 Å². The number of fused-ring (bicyclic) bond motifs is 1. The molecule has 0 bridgehead atoms. The Bertz CT molecular complexity index is 1130. The number of hydrogen-bond donors (Lipinski definition) is 1. The number of aryl methyl sites for hydroxylation is 3. The predicted octanol–water partition coefficient (Wildman–Crippen LogP) is 3.87. The molecule has 7 heteroatoms. The van der Waals surface area contributed by atoms with Crippen molar-refractivity contribution in [1.29, 1.82) is 0 Å². The van der Waals surface area contributed by atoms with Crippen molar-refractivity contribution in [3.05, 3.63) is 64.4 Å². The van der Waals surface area contributed by atoms with Crippen LogP contribution < -0.4 is 5.32 Å². The van der Waals surface area contributed by atoms with Crippen LogP contribution in [0.5, 0.6) is 0 Å². The highest BCUT2D eigenvalue weighted by atomic mass is 16.5. The first-order chi connectivity index (χ1) is 14.3. The van der Waals surface area contributed by atoms with E-state index < -0.39 is 24.5 Å². The first-order valence-corrected chi connectivity index (χ1v) is 9.41. The van der Waals surface area contributed by atoms with Crippen molar-refractivity contribution in [2.45, 2.75) is 27.2 Å². The molecule has 0 aliphatic carbocycles. The second-order valence-corrected chi connectivity index (χ2v) is 7.05. The van der Waals surface area contributed by atoms with Gasteiger partial charge in [-0.05, 0) is 49.6 Å². The second kappa shape index (κ2) is 8.82. The first-order valence-electron chi connectivity index (χ1n) is 9.41. The monoisotopic (exact) mass is 409 g/mol. The molecule has 3 rings (SSSR count). The quantitative estimate of drug-likeness (QED) is 0.621. The van der Waals surface area contributed by atoms with E-state index in [2.05, 4.69) is 10.1 Å². The van der Waals surface area contributed by atoms with Crippen LogP contribution in [0.3, 0.4) is 0 Å². The summed E-state index contributed by atoms with van der Waals surface area (Å²) in [5, 5.41) is 3.50. The van der Waals surface area contributed by atoms with Crippen molar-refractivity contribution in [2.24, 2.45) is 0 Å². The number of esters is 2. The lowest BCUT2D eigenvalue weighted by atomic mass is 10.0. The molecule has 0 unspecified atom stereocenters. The van der Waals surface area contributed by atoms with Gasteiger partial charge in [0, 0.05) is 16.6 Å². The van der Waals surface area contributed by atoms with Gasteiger partial charge in [0.15, 0.2) is 6.61 Å². The van der Waals surface area contributed by atoms with E-state index >= 15 is 0 Å². The fourth-order valence-electron chi connectivity index (χ4n) is 3.07. The number of carbonyl (C=O) groups is 3. The molecule has 0 aliphatic heterocycles. The number of ether oxygens (including phenoxy) is 2. The van der Waals surface area contributed by atoms with Crippen LogP contribution in [-0.2, 0) is 25.5 Å². The van der Waals surface area contributed by atoms with Crippen molar-refractivity contribution in [3.63, 3.8) is 0 Å². The van der Waals surface area contributed by atoms with Crippen LogP contribution in [0, 0.1) is 20.8 Å². The molecule has 0 fully saturated rings. The number of carbonyl (C=O) groups excluding carboxylic acids is 3. The molecule has 1 N–H and O–H groups in total. The molecule has 1 heterocycles. The normalized spacial score (nSPS) is 10.7. The first kappa shape index (κ1) is 21.1. The average Bonchev–Trinajstić information content (AvgIpc) is 3.13. The maximum Gasteiger partial charge on any atom is 0.337 e. The highest BCUT2D eigenvalue weighted by molar-refractivity contribution is 5.96. The van der Waals surface area contributed by atoms with Crippen LogP contribution in [-0.4, -0.2) is 31.6 Å². The van der Waals surface area contributed by atoms with Gasteiger partial charge in [0.05, 0.1) is 25.4 Å². The molecule has 0 aliphatic rings. The van der Waals surface area contributed by atoms with Gasteiger partial charge in [-0.1, -0.05) is 18.2 Å². The Labute approximate surface area is 174 Å². The van der Waals surface area contributed by atoms with Crippen LogP contribution in [0.15, 0.2) is 41.0 Å². The fourth-order valence-corrected chi connectivity index (χ4v) is 3.07. The number of benzene rings is 2. The van der Waals surface area contributed by atoms with E-state index in [-0.39, 0.29) is 6.42 Å². The average molecular weight is 409 g/mol. The van der Waals surface area contributed by atoms with Crippen molar-refractivity contribution < 1.29 is 28.3 Å². The summed E-state index contributed by atoms with van der Waals surface area (Å²) in [7, 11) is 1.28. The zero-order valence-electron chi connectivity index (χ0n) is 17.3. The van der Waals surface area contributed by atoms with Gasteiger partial charge in [0.25, 0.3) is 5.91 Å². The number of nitrogens with one attached hydrogen (secondary N) is 1. The molecule has 2 aromatic carbocycles. The zero-order chi connectivity index (χ0) is 21.8. The molecular formula is C23H23NO6. The van der Waals surface area contributed by atoms with E-state index in [0.29, 0.717) is 16.8 Å². The lowest BCUT2D eigenvalue weighted by molar-refractivity contribution is -0.146. The third kappa shape index (κ3) is 4.51. The van der Waals surface area contributed by atoms with Crippen LogP contribution in [0.1, 0.15) is 32.6 Å². The number of methoxy groups -OCH3 is 1. The highest BCUT2D eigenvalue weighted by Gasteiger charge is 2.16. The molecule has 1 amide bonds. The molecule has 1 aromatic heterocycles. The minimum absolute atomic E-state index is 0.000363. The summed E-state index contributed by atoms with van der Waals surface area (Å²) in [6.45, 7) is 5.31. The molecular weight excluding hydrogens is 386 g/mol. The van der Waals surface area contributed by atoms with Gasteiger partial charge < -0.3 is 19.2 Å². The number of amides is 1. The van der Waals surface area contributed by atoms with Crippen LogP contribution in [0.2, 0.25) is 0 Å². The van der Waals surface area contributed by atoms with E-state index in [4.69, 9.17) is 9.15 Å². The number of hydrogen-bond acceptors (Lipinski definition) is 6. The van der Waals surface area contributed by atoms with Gasteiger partial charge in [-0.25, -0.2) is 4.79 Å². The summed E-state index contributed by atoms with van der Waals surface area (Å²) in [5.74, 6) is -1.54. The summed E-state index contributed by atoms with van der Waals surface area (Å²) in [6.07, 6.45) is 1.54. The molecule has 7 nitrogen and oxygen atoms in total. The molecule has 156 valence electrons. The van der Waals surface area contributed by atoms with Crippen LogP contribution >= 0.6 is 0 Å². The molecule has 3 aromatic rings. The van der Waals surface area contributed by atoms with E-state index in [1.165, 1.54) is 13.2 Å². The summed E-state index contributed by atoms with van der Waals surface area (Å²) in [6, 6.07) is 8.70. The van der Waals surface area contributed by atoms with E-state index in [0.717, 1.165) is 27.7 Å². The Morgan fingerprint density at radius 3 is 2.50 bits per heavy atom. The van der Waals surface area contributed by atoms with Gasteiger partial charge in [0.1, 0.15) is 5.58 Å². The summed E-state index contributed by atoms with van der Waals surface area (Å²) in [4.78, 5) is 36.1. The van der Waals surface area contributed by atoms with Crippen molar-refractivity contribution >= 4 is 34.5 Å². The smallest absolute Gasteiger partial charge is 0.337 e. The Balaban J connectivity index is 1.60. The minimum atomic E-state index is -0.536. The SMILES string of the molecule is COC(=O)c1ccc(C)c(NC(=O)COC(=O)Cc2coc3c(C)c(C)ccc23)c1. The summed E-state index contributed by atoms with van der Waals surface area (Å²) >= 11 is 0. The fraction of sp³-hybridized carbons (Fsp3) is 0.261. The Morgan fingerprint density at radius 1 is 1.03 bits per heavy atom. The molecule has 0 atom stereocenters. The van der Waals surface area contributed by atoms with Crippen molar-refractivity contribution in [2.75, 3.05) is 19.0 Å². The van der Waals surface area contributed by atoms with Crippen molar-refractivity contribution in [3.8, 4) is 0 Å². The molecule has 0 saturated carbocycles. The summed E-state index contributed by atoms with van der Waals surface area (Å²) < 4.78 is 15.4. The number of furan rings is 1. The highest BCUT2D eigenvalue weighted by Crippen LogP contribution is 2.27. The third-order valence-corrected chi connectivity index (χ3v) is 4.97. The lowest BCUT2D eigenvalue weighted by Gasteiger charge is -2.10. The van der Waals surface area contributed by atoms with E-state index in [1.54, 1.807) is 25.3 Å². The lowest BCUT2D eigenvalue weighted by Crippen LogP contribution is -2.22. The van der Waals surface area contributed by atoms with Crippen molar-refractivity contribution in [1.82, 2.24) is 0 Å². The standard InChI is InChI=1S/C23H23NO6/c1-13-6-8-18-17(11-30-22(18)15(13)3)10-21(26)29-12-20(25)24-19-9-16(23(27)28-4)7-5-14(19)2/h5-9,11H,10,12H2,1-4H3,(H,24,25). The molecule has 0 spiro atoms. The third-order valence-electron chi connectivity index (χ3n) is 4.97.